The first-order valence-corrected chi connectivity index (χ1v) is 6.79. The Balaban J connectivity index is 2.88. The van der Waals surface area contributed by atoms with Gasteiger partial charge in [0, 0.05) is 18.1 Å². The average molecular weight is 394 g/mol. The monoisotopic (exact) mass is 392 g/mol. The molecule has 0 aliphatic rings. The molecule has 0 spiro atoms. The van der Waals surface area contributed by atoms with Gasteiger partial charge in [-0.1, -0.05) is 0 Å². The average Bonchev–Trinajstić information content (AvgIpc) is 2.74. The van der Waals surface area contributed by atoms with Crippen LogP contribution in [0.5, 0.6) is 5.75 Å². The van der Waals surface area contributed by atoms with Gasteiger partial charge in [-0.15, -0.1) is 0 Å². The zero-order valence-electron chi connectivity index (χ0n) is 10.1. The third-order valence-electron chi connectivity index (χ3n) is 2.62. The second kappa shape index (κ2) is 5.52. The van der Waals surface area contributed by atoms with Crippen molar-refractivity contribution in [3.05, 3.63) is 26.3 Å². The summed E-state index contributed by atoms with van der Waals surface area (Å²) in [4.78, 5) is 11.2. The zero-order chi connectivity index (χ0) is 14.2. The molecular weight excluding hydrogens is 384 g/mol. The molecule has 0 amide bonds. The van der Waals surface area contributed by atoms with Crippen LogP contribution in [0, 0.1) is 0 Å². The van der Waals surface area contributed by atoms with Crippen molar-refractivity contribution >= 4 is 48.8 Å². The summed E-state index contributed by atoms with van der Waals surface area (Å²) < 4.78 is 16.9. The highest BCUT2D eigenvalue weighted by Gasteiger charge is 2.25. The Morgan fingerprint density at radius 2 is 2.11 bits per heavy atom. The summed E-state index contributed by atoms with van der Waals surface area (Å²) in [5.41, 5.74) is 0.911. The number of methoxy groups -OCH3 is 2. The molecule has 0 radical (unpaired) electrons. The van der Waals surface area contributed by atoms with Crippen LogP contribution >= 0.6 is 31.9 Å². The van der Waals surface area contributed by atoms with E-state index in [-0.39, 0.29) is 12.4 Å². The van der Waals surface area contributed by atoms with E-state index in [0.29, 0.717) is 31.2 Å². The molecule has 0 bridgehead atoms. The van der Waals surface area contributed by atoms with Crippen LogP contribution in [0.1, 0.15) is 16.1 Å². The molecule has 0 aliphatic heterocycles. The zero-order valence-corrected chi connectivity index (χ0v) is 13.3. The fourth-order valence-corrected chi connectivity index (χ4v) is 3.02. The SMILES string of the molecule is COCc1c(C(=O)O)oc2c(Br)cc(OC)c(Br)c12. The molecule has 1 N–H and O–H groups in total. The predicted molar refractivity (Wildman–Crippen MR) is 75.8 cm³/mol. The first-order valence-electron chi connectivity index (χ1n) is 5.20. The molecule has 0 fully saturated rings. The predicted octanol–water partition coefficient (Wildman–Crippen LogP) is 3.81. The Morgan fingerprint density at radius 3 is 2.63 bits per heavy atom. The van der Waals surface area contributed by atoms with Crippen molar-refractivity contribution in [1.29, 1.82) is 0 Å². The van der Waals surface area contributed by atoms with Gasteiger partial charge in [-0.25, -0.2) is 4.79 Å². The molecule has 7 heteroatoms. The maximum Gasteiger partial charge on any atom is 0.372 e. The van der Waals surface area contributed by atoms with Crippen LogP contribution in [-0.2, 0) is 11.3 Å². The summed E-state index contributed by atoms with van der Waals surface area (Å²) in [5, 5.41) is 9.82. The van der Waals surface area contributed by atoms with Crippen LogP contribution in [0.25, 0.3) is 11.0 Å². The Morgan fingerprint density at radius 1 is 1.42 bits per heavy atom. The number of hydrogen-bond acceptors (Lipinski definition) is 4. The third-order valence-corrected chi connectivity index (χ3v) is 4.00. The number of hydrogen-bond donors (Lipinski definition) is 1. The van der Waals surface area contributed by atoms with Gasteiger partial charge in [-0.05, 0) is 37.9 Å². The number of fused-ring (bicyclic) bond motifs is 1. The molecule has 0 aliphatic carbocycles. The fourth-order valence-electron chi connectivity index (χ4n) is 1.84. The number of carbonyl (C=O) groups is 1. The highest BCUT2D eigenvalue weighted by molar-refractivity contribution is 9.11. The smallest absolute Gasteiger partial charge is 0.372 e. The number of halogens is 2. The number of carboxylic acids is 1. The Labute approximate surface area is 125 Å². The van der Waals surface area contributed by atoms with Crippen molar-refractivity contribution in [3.63, 3.8) is 0 Å². The van der Waals surface area contributed by atoms with E-state index in [1.165, 1.54) is 14.2 Å². The van der Waals surface area contributed by atoms with Crippen molar-refractivity contribution in [1.82, 2.24) is 0 Å². The van der Waals surface area contributed by atoms with Crippen LogP contribution in [0.3, 0.4) is 0 Å². The third kappa shape index (κ3) is 2.37. The molecule has 2 rings (SSSR count). The Hall–Kier alpha value is -1.05. The van der Waals surface area contributed by atoms with Gasteiger partial charge in [0.15, 0.2) is 5.58 Å². The van der Waals surface area contributed by atoms with Gasteiger partial charge in [0.1, 0.15) is 5.75 Å². The Kier molecular flexibility index (Phi) is 4.17. The summed E-state index contributed by atoms with van der Waals surface area (Å²) in [5.74, 6) is -0.693. The van der Waals surface area contributed by atoms with E-state index in [4.69, 9.17) is 13.9 Å². The lowest BCUT2D eigenvalue weighted by molar-refractivity contribution is 0.0658. The largest absolute Gasteiger partial charge is 0.496 e. The molecule has 102 valence electrons. The van der Waals surface area contributed by atoms with Crippen molar-refractivity contribution in [2.24, 2.45) is 0 Å². The van der Waals surface area contributed by atoms with E-state index in [2.05, 4.69) is 31.9 Å². The molecule has 1 aromatic heterocycles. The van der Waals surface area contributed by atoms with Gasteiger partial charge in [-0.2, -0.15) is 0 Å². The van der Waals surface area contributed by atoms with Crippen LogP contribution in [0.15, 0.2) is 19.4 Å². The quantitative estimate of drug-likeness (QED) is 0.855. The van der Waals surface area contributed by atoms with Crippen LogP contribution in [0.2, 0.25) is 0 Å². The molecule has 1 heterocycles. The van der Waals surface area contributed by atoms with E-state index in [1.807, 2.05) is 0 Å². The lowest BCUT2D eigenvalue weighted by atomic mass is 10.1. The normalized spacial score (nSPS) is 10.9. The molecule has 0 saturated carbocycles. The number of furan rings is 1. The van der Waals surface area contributed by atoms with Gasteiger partial charge in [0.05, 0.1) is 22.7 Å². The molecule has 2 aromatic rings. The summed E-state index contributed by atoms with van der Waals surface area (Å²) in [6, 6.07) is 1.71. The maximum absolute atomic E-state index is 11.2. The number of benzene rings is 1. The lowest BCUT2D eigenvalue weighted by Crippen LogP contribution is -2.00. The highest BCUT2D eigenvalue weighted by Crippen LogP contribution is 2.42. The number of carboxylic acid groups (broad SMARTS) is 1. The molecule has 1 aromatic carbocycles. The van der Waals surface area contributed by atoms with Crippen molar-refractivity contribution in [3.8, 4) is 5.75 Å². The standard InChI is InChI=1S/C12H10Br2O5/c1-17-4-5-8-9(14)7(18-2)3-6(13)11(8)19-10(5)12(15)16/h3H,4H2,1-2H3,(H,15,16). The summed E-state index contributed by atoms with van der Waals surface area (Å²) in [7, 11) is 3.03. The van der Waals surface area contributed by atoms with E-state index in [0.717, 1.165) is 0 Å². The van der Waals surface area contributed by atoms with Crippen molar-refractivity contribution in [2.45, 2.75) is 6.61 Å². The van der Waals surface area contributed by atoms with Crippen molar-refractivity contribution < 1.29 is 23.8 Å². The molecule has 5 nitrogen and oxygen atoms in total. The Bertz CT molecular complexity index is 647. The molecule has 0 unspecified atom stereocenters. The van der Waals surface area contributed by atoms with E-state index >= 15 is 0 Å². The minimum atomic E-state index is -1.14. The molecule has 0 atom stereocenters. The van der Waals surface area contributed by atoms with Gasteiger partial charge >= 0.3 is 5.97 Å². The fraction of sp³-hybridized carbons (Fsp3) is 0.250. The van der Waals surface area contributed by atoms with Crippen LogP contribution in [0.4, 0.5) is 0 Å². The number of rotatable bonds is 4. The topological polar surface area (TPSA) is 68.9 Å². The van der Waals surface area contributed by atoms with Gasteiger partial charge in [-0.3, -0.25) is 0 Å². The van der Waals surface area contributed by atoms with Gasteiger partial charge < -0.3 is 19.0 Å². The maximum atomic E-state index is 11.2. The van der Waals surface area contributed by atoms with E-state index in [9.17, 15) is 9.90 Å². The number of aromatic carboxylic acids is 1. The molecular formula is C12H10Br2O5. The molecule has 0 saturated heterocycles. The number of ether oxygens (including phenoxy) is 2. The second-order valence-corrected chi connectivity index (χ2v) is 5.37. The summed E-state index contributed by atoms with van der Waals surface area (Å²) in [6.45, 7) is 0.132. The minimum Gasteiger partial charge on any atom is -0.496 e. The van der Waals surface area contributed by atoms with Crippen molar-refractivity contribution in [2.75, 3.05) is 14.2 Å². The highest BCUT2D eigenvalue weighted by atomic mass is 79.9. The van der Waals surface area contributed by atoms with Crippen LogP contribution in [-0.4, -0.2) is 25.3 Å². The molecule has 19 heavy (non-hydrogen) atoms. The first kappa shape index (κ1) is 14.4. The first-order chi connectivity index (χ1) is 9.01. The van der Waals surface area contributed by atoms with Crippen LogP contribution < -0.4 is 4.74 Å². The van der Waals surface area contributed by atoms with Gasteiger partial charge in [0.25, 0.3) is 0 Å². The summed E-state index contributed by atoms with van der Waals surface area (Å²) in [6.07, 6.45) is 0. The van der Waals surface area contributed by atoms with Gasteiger partial charge in [0.2, 0.25) is 5.76 Å². The second-order valence-electron chi connectivity index (χ2n) is 3.73. The summed E-state index contributed by atoms with van der Waals surface area (Å²) >= 11 is 6.75. The minimum absolute atomic E-state index is 0.132. The lowest BCUT2D eigenvalue weighted by Gasteiger charge is -2.06. The van der Waals surface area contributed by atoms with E-state index in [1.54, 1.807) is 6.07 Å². The van der Waals surface area contributed by atoms with E-state index < -0.39 is 5.97 Å².